The van der Waals surface area contributed by atoms with Crippen LogP contribution in [-0.4, -0.2) is 22.0 Å². The van der Waals surface area contributed by atoms with Crippen molar-refractivity contribution in [3.63, 3.8) is 0 Å². The average molecular weight is 663 g/mol. The second-order valence-electron chi connectivity index (χ2n) is 12.2. The number of nitrogens with zero attached hydrogens (tertiary/aromatic N) is 2. The van der Waals surface area contributed by atoms with E-state index in [-0.39, 0.29) is 18.1 Å². The Bertz CT molecular complexity index is 1910. The molecule has 244 valence electrons. The van der Waals surface area contributed by atoms with Crippen LogP contribution >= 0.6 is 11.6 Å². The smallest absolute Gasteiger partial charge is 0.335 e. The minimum absolute atomic E-state index is 0.127. The van der Waals surface area contributed by atoms with Crippen molar-refractivity contribution >= 4 is 29.2 Å². The Morgan fingerprint density at radius 3 is 2.35 bits per heavy atom. The fraction of sp³-hybridized carbons (Fsp3) is 0.225. The highest BCUT2D eigenvalue weighted by Crippen LogP contribution is 2.34. The van der Waals surface area contributed by atoms with Crippen molar-refractivity contribution < 1.29 is 23.8 Å². The summed E-state index contributed by atoms with van der Waals surface area (Å²) in [5.74, 6) is -0.834. The summed E-state index contributed by atoms with van der Waals surface area (Å²) in [5.41, 5.74) is 4.99. The summed E-state index contributed by atoms with van der Waals surface area (Å²) in [6, 6.07) is 27.8. The second kappa shape index (κ2) is 15.3. The summed E-state index contributed by atoms with van der Waals surface area (Å²) in [7, 11) is 0. The molecule has 6 nitrogen and oxygen atoms in total. The van der Waals surface area contributed by atoms with E-state index in [1.807, 2.05) is 30.3 Å². The number of halogens is 2. The lowest BCUT2D eigenvalue weighted by Gasteiger charge is -2.24. The fourth-order valence-electron chi connectivity index (χ4n) is 6.38. The van der Waals surface area contributed by atoms with Gasteiger partial charge in [0.05, 0.1) is 12.1 Å². The van der Waals surface area contributed by atoms with Crippen molar-refractivity contribution in [2.24, 2.45) is 5.92 Å². The molecule has 0 aliphatic heterocycles. The predicted molar refractivity (Wildman–Crippen MR) is 186 cm³/mol. The van der Waals surface area contributed by atoms with Gasteiger partial charge in [0.2, 0.25) is 0 Å². The highest BCUT2D eigenvalue weighted by molar-refractivity contribution is 6.31. The number of hydrogen-bond acceptors (Lipinski definition) is 4. The molecule has 0 unspecified atom stereocenters. The quantitative estimate of drug-likeness (QED) is 0.152. The van der Waals surface area contributed by atoms with Gasteiger partial charge in [0.1, 0.15) is 18.2 Å². The van der Waals surface area contributed by atoms with Gasteiger partial charge >= 0.3 is 5.97 Å². The molecule has 0 spiro atoms. The molecule has 0 saturated heterocycles. The lowest BCUT2D eigenvalue weighted by atomic mass is 9.82. The Morgan fingerprint density at radius 1 is 0.833 bits per heavy atom. The van der Waals surface area contributed by atoms with Crippen LogP contribution in [0.15, 0.2) is 109 Å². The molecule has 1 aliphatic carbocycles. The maximum Gasteiger partial charge on any atom is 0.335 e. The van der Waals surface area contributed by atoms with E-state index in [0.717, 1.165) is 36.0 Å². The second-order valence-corrected chi connectivity index (χ2v) is 12.7. The van der Waals surface area contributed by atoms with Crippen molar-refractivity contribution in [2.75, 3.05) is 4.90 Å². The zero-order chi connectivity index (χ0) is 33.5. The van der Waals surface area contributed by atoms with E-state index in [1.54, 1.807) is 71.9 Å². The molecular formula is C40H36ClFN2O4. The van der Waals surface area contributed by atoms with E-state index in [4.69, 9.17) is 16.3 Å². The number of aromatic carboxylic acids is 1. The normalized spacial score (nSPS) is 13.2. The van der Waals surface area contributed by atoms with Gasteiger partial charge in [0.25, 0.3) is 5.91 Å². The number of ether oxygens (including phenoxy) is 1. The lowest BCUT2D eigenvalue weighted by Crippen LogP contribution is -2.30. The number of benzene rings is 4. The van der Waals surface area contributed by atoms with E-state index < -0.39 is 11.8 Å². The van der Waals surface area contributed by atoms with E-state index >= 15 is 4.39 Å². The molecule has 1 fully saturated rings. The van der Waals surface area contributed by atoms with E-state index in [9.17, 15) is 14.7 Å². The number of carbonyl (C=O) groups is 2. The van der Waals surface area contributed by atoms with Gasteiger partial charge < -0.3 is 14.7 Å². The molecule has 4 aromatic carbocycles. The Morgan fingerprint density at radius 2 is 1.60 bits per heavy atom. The van der Waals surface area contributed by atoms with Gasteiger partial charge in [0.15, 0.2) is 0 Å². The number of anilines is 1. The van der Waals surface area contributed by atoms with Crippen molar-refractivity contribution in [2.45, 2.75) is 51.7 Å². The van der Waals surface area contributed by atoms with Crippen LogP contribution in [0.4, 0.5) is 10.1 Å². The average Bonchev–Trinajstić information content (AvgIpc) is 3.10. The van der Waals surface area contributed by atoms with Crippen LogP contribution in [0.2, 0.25) is 5.02 Å². The lowest BCUT2D eigenvalue weighted by molar-refractivity contribution is 0.0696. The standard InChI is InChI=1S/C40H36ClFN2O4/c41-33-10-5-11-34(23-33)44(25-28-16-18-43-19-17-28)39(45)30-9-4-8-29(21-30)26-48-35-13-15-37(38(42)24-35)36-14-12-31(40(46)47)22-32(36)20-27-6-2-1-3-7-27/h4-5,8-19,21-24,27H,1-3,6-7,20,25-26H2,(H,46,47). The van der Waals surface area contributed by atoms with Gasteiger partial charge in [-0.3, -0.25) is 9.78 Å². The summed E-state index contributed by atoms with van der Waals surface area (Å²) in [6.07, 6.45) is 9.86. The molecule has 1 N–H and O–H groups in total. The molecule has 8 heteroatoms. The van der Waals surface area contributed by atoms with Gasteiger partial charge in [-0.1, -0.05) is 68.0 Å². The number of rotatable bonds is 11. The Kier molecular flexibility index (Phi) is 10.5. The minimum atomic E-state index is -0.993. The first-order valence-corrected chi connectivity index (χ1v) is 16.6. The van der Waals surface area contributed by atoms with Crippen molar-refractivity contribution in [1.29, 1.82) is 0 Å². The third-order valence-corrected chi connectivity index (χ3v) is 9.09. The zero-order valence-electron chi connectivity index (χ0n) is 26.4. The van der Waals surface area contributed by atoms with Crippen molar-refractivity contribution in [3.05, 3.63) is 148 Å². The fourth-order valence-corrected chi connectivity index (χ4v) is 6.56. The molecule has 0 atom stereocenters. The molecule has 1 aromatic heterocycles. The summed E-state index contributed by atoms with van der Waals surface area (Å²) in [4.78, 5) is 31.3. The first kappa shape index (κ1) is 32.9. The highest BCUT2D eigenvalue weighted by atomic mass is 35.5. The first-order valence-electron chi connectivity index (χ1n) is 16.2. The number of amides is 1. The van der Waals surface area contributed by atoms with E-state index in [2.05, 4.69) is 4.98 Å². The van der Waals surface area contributed by atoms with Crippen LogP contribution in [0, 0.1) is 11.7 Å². The topological polar surface area (TPSA) is 79.7 Å². The minimum Gasteiger partial charge on any atom is -0.489 e. The van der Waals surface area contributed by atoms with Crippen LogP contribution in [-0.2, 0) is 19.6 Å². The summed E-state index contributed by atoms with van der Waals surface area (Å²) < 4.78 is 21.6. The molecule has 48 heavy (non-hydrogen) atoms. The zero-order valence-corrected chi connectivity index (χ0v) is 27.2. The summed E-state index contributed by atoms with van der Waals surface area (Å²) in [5, 5.41) is 10.1. The maximum absolute atomic E-state index is 15.6. The van der Waals surface area contributed by atoms with Gasteiger partial charge in [-0.2, -0.15) is 0 Å². The van der Waals surface area contributed by atoms with Gasteiger partial charge in [-0.25, -0.2) is 9.18 Å². The molecular weight excluding hydrogens is 627 g/mol. The van der Waals surface area contributed by atoms with E-state index in [1.165, 1.54) is 31.4 Å². The SMILES string of the molecule is O=C(O)c1ccc(-c2ccc(OCc3cccc(C(=O)N(Cc4ccncc4)c4cccc(Cl)c4)c3)cc2F)c(CC2CCCCC2)c1. The molecule has 1 aliphatic rings. The molecule has 1 heterocycles. The number of carboxylic acid groups (broad SMARTS) is 1. The monoisotopic (exact) mass is 662 g/mol. The molecule has 5 aromatic rings. The Hall–Kier alpha value is -5.01. The largest absolute Gasteiger partial charge is 0.489 e. The summed E-state index contributed by atoms with van der Waals surface area (Å²) in [6.45, 7) is 0.455. The van der Waals surface area contributed by atoms with Crippen molar-refractivity contribution in [1.82, 2.24) is 4.98 Å². The molecule has 1 amide bonds. The van der Waals surface area contributed by atoms with Crippen LogP contribution < -0.4 is 9.64 Å². The molecule has 0 bridgehead atoms. The molecule has 6 rings (SSSR count). The Balaban J connectivity index is 1.19. The number of carbonyl (C=O) groups excluding carboxylic acids is 1. The highest BCUT2D eigenvalue weighted by Gasteiger charge is 2.21. The molecule has 0 radical (unpaired) electrons. The third kappa shape index (κ3) is 8.09. The maximum atomic E-state index is 15.6. The van der Waals surface area contributed by atoms with Crippen LogP contribution in [0.1, 0.15) is 69.5 Å². The van der Waals surface area contributed by atoms with Crippen LogP contribution in [0.25, 0.3) is 11.1 Å². The van der Waals surface area contributed by atoms with E-state index in [0.29, 0.717) is 45.6 Å². The molecule has 1 saturated carbocycles. The number of aromatic nitrogens is 1. The predicted octanol–water partition coefficient (Wildman–Crippen LogP) is 9.79. The third-order valence-electron chi connectivity index (χ3n) is 8.85. The number of hydrogen-bond donors (Lipinski definition) is 1. The number of carboxylic acids is 1. The van der Waals surface area contributed by atoms with Gasteiger partial charge in [0, 0.05) is 40.3 Å². The summed E-state index contributed by atoms with van der Waals surface area (Å²) >= 11 is 6.28. The van der Waals surface area contributed by atoms with Crippen LogP contribution in [0.5, 0.6) is 5.75 Å². The number of pyridine rings is 1. The van der Waals surface area contributed by atoms with Gasteiger partial charge in [-0.05, 0) is 101 Å². The van der Waals surface area contributed by atoms with Crippen LogP contribution in [0.3, 0.4) is 0 Å². The Labute approximate surface area is 284 Å². The first-order chi connectivity index (χ1) is 23.3. The van der Waals surface area contributed by atoms with Crippen molar-refractivity contribution in [3.8, 4) is 16.9 Å². The van der Waals surface area contributed by atoms with Gasteiger partial charge in [-0.15, -0.1) is 0 Å².